The van der Waals surface area contributed by atoms with Gasteiger partial charge in [0.25, 0.3) is 0 Å². The lowest BCUT2D eigenvalue weighted by atomic mass is 9.97. The highest BCUT2D eigenvalue weighted by Crippen LogP contribution is 2.18. The molecule has 5 heteroatoms. The summed E-state index contributed by atoms with van der Waals surface area (Å²) in [5, 5.41) is 2.07. The van der Waals surface area contributed by atoms with Gasteiger partial charge in [-0.3, -0.25) is 9.30 Å². The average molecular weight is 250 g/mol. The third-order valence-electron chi connectivity index (χ3n) is 3.57. The molecule has 0 atom stereocenters. The Labute approximate surface area is 105 Å². The predicted molar refractivity (Wildman–Crippen MR) is 70.1 cm³/mol. The normalized spacial score (nSPS) is 19.1. The molecule has 1 aliphatic heterocycles. The molecular weight excluding hydrogens is 232 g/mol. The quantitative estimate of drug-likeness (QED) is 0.899. The molecule has 4 nitrogen and oxygen atoms in total. The summed E-state index contributed by atoms with van der Waals surface area (Å²) in [6, 6.07) is 0. The molecule has 92 valence electrons. The van der Waals surface area contributed by atoms with Gasteiger partial charge in [-0.05, 0) is 38.4 Å². The summed E-state index contributed by atoms with van der Waals surface area (Å²) in [6.45, 7) is 4.14. The zero-order chi connectivity index (χ0) is 11.7. The first kappa shape index (κ1) is 11.2. The highest BCUT2D eigenvalue weighted by atomic mass is 32.1. The van der Waals surface area contributed by atoms with Crippen LogP contribution in [0, 0.1) is 5.92 Å². The van der Waals surface area contributed by atoms with Crippen LogP contribution in [0.1, 0.15) is 18.5 Å². The third-order valence-corrected chi connectivity index (χ3v) is 4.34. The minimum absolute atomic E-state index is 0.733. The van der Waals surface area contributed by atoms with Gasteiger partial charge in [-0.2, -0.15) is 0 Å². The van der Waals surface area contributed by atoms with Crippen molar-refractivity contribution in [3.8, 4) is 0 Å². The van der Waals surface area contributed by atoms with Crippen LogP contribution in [-0.2, 0) is 6.54 Å². The van der Waals surface area contributed by atoms with Gasteiger partial charge in [-0.15, -0.1) is 11.3 Å². The predicted octanol–water partition coefficient (Wildman–Crippen LogP) is 1.57. The first-order valence-corrected chi connectivity index (χ1v) is 7.06. The Hall–Kier alpha value is -0.910. The molecule has 0 aliphatic carbocycles. The fourth-order valence-electron chi connectivity index (χ4n) is 2.46. The van der Waals surface area contributed by atoms with Crippen molar-refractivity contribution in [2.24, 2.45) is 11.7 Å². The SMILES string of the molecule is NCC1CCN(Cc2cn3ccsc3n2)CC1. The van der Waals surface area contributed by atoms with Crippen molar-refractivity contribution < 1.29 is 0 Å². The van der Waals surface area contributed by atoms with E-state index >= 15 is 0 Å². The molecule has 2 aromatic heterocycles. The van der Waals surface area contributed by atoms with E-state index in [1.165, 1.54) is 18.5 Å². The zero-order valence-corrected chi connectivity index (χ0v) is 10.7. The molecule has 1 aliphatic rings. The zero-order valence-electron chi connectivity index (χ0n) is 9.88. The second kappa shape index (κ2) is 4.76. The van der Waals surface area contributed by atoms with Crippen LogP contribution in [0.15, 0.2) is 17.8 Å². The van der Waals surface area contributed by atoms with Gasteiger partial charge in [0.2, 0.25) is 0 Å². The number of likely N-dealkylation sites (tertiary alicyclic amines) is 1. The molecule has 0 amide bonds. The van der Waals surface area contributed by atoms with Crippen LogP contribution in [0.3, 0.4) is 0 Å². The second-order valence-corrected chi connectivity index (χ2v) is 5.65. The van der Waals surface area contributed by atoms with Crippen LogP contribution in [0.25, 0.3) is 4.96 Å². The fraction of sp³-hybridized carbons (Fsp3) is 0.583. The van der Waals surface area contributed by atoms with Gasteiger partial charge in [-0.25, -0.2) is 4.98 Å². The van der Waals surface area contributed by atoms with E-state index in [1.54, 1.807) is 11.3 Å². The van der Waals surface area contributed by atoms with Crippen LogP contribution < -0.4 is 5.73 Å². The van der Waals surface area contributed by atoms with Gasteiger partial charge in [0.05, 0.1) is 5.69 Å². The number of rotatable bonds is 3. The molecule has 0 unspecified atom stereocenters. The summed E-state index contributed by atoms with van der Waals surface area (Å²) >= 11 is 1.69. The summed E-state index contributed by atoms with van der Waals surface area (Å²) in [5.41, 5.74) is 6.89. The minimum atomic E-state index is 0.733. The number of hydrogen-bond donors (Lipinski definition) is 1. The molecule has 0 bridgehead atoms. The molecule has 0 spiro atoms. The molecule has 3 rings (SSSR count). The first-order chi connectivity index (χ1) is 8.35. The van der Waals surface area contributed by atoms with Crippen molar-refractivity contribution in [3.05, 3.63) is 23.5 Å². The number of nitrogens with zero attached hydrogens (tertiary/aromatic N) is 3. The highest BCUT2D eigenvalue weighted by molar-refractivity contribution is 7.15. The standard InChI is InChI=1S/C12H18N4S/c13-7-10-1-3-15(4-2-10)8-11-9-16-5-6-17-12(16)14-11/h5-6,9-10H,1-4,7-8,13H2. The van der Waals surface area contributed by atoms with Gasteiger partial charge in [0.1, 0.15) is 0 Å². The Morgan fingerprint density at radius 3 is 2.94 bits per heavy atom. The van der Waals surface area contributed by atoms with Gasteiger partial charge < -0.3 is 5.73 Å². The lowest BCUT2D eigenvalue weighted by Gasteiger charge is -2.30. The van der Waals surface area contributed by atoms with Crippen molar-refractivity contribution in [2.45, 2.75) is 19.4 Å². The summed E-state index contributed by atoms with van der Waals surface area (Å²) in [6.07, 6.45) is 6.68. The average Bonchev–Trinajstić information content (AvgIpc) is 2.90. The fourth-order valence-corrected chi connectivity index (χ4v) is 3.18. The third kappa shape index (κ3) is 2.36. The van der Waals surface area contributed by atoms with E-state index in [0.29, 0.717) is 0 Å². The smallest absolute Gasteiger partial charge is 0.193 e. The number of hydrogen-bond acceptors (Lipinski definition) is 4. The van der Waals surface area contributed by atoms with E-state index in [-0.39, 0.29) is 0 Å². The van der Waals surface area contributed by atoms with Crippen LogP contribution in [-0.4, -0.2) is 33.9 Å². The molecule has 0 saturated carbocycles. The number of imidazole rings is 1. The number of thiazole rings is 1. The molecule has 0 aromatic carbocycles. The highest BCUT2D eigenvalue weighted by Gasteiger charge is 2.18. The van der Waals surface area contributed by atoms with E-state index in [9.17, 15) is 0 Å². The Morgan fingerprint density at radius 2 is 2.24 bits per heavy atom. The Morgan fingerprint density at radius 1 is 1.41 bits per heavy atom. The summed E-state index contributed by atoms with van der Waals surface area (Å²) < 4.78 is 2.10. The van der Waals surface area contributed by atoms with Crippen molar-refractivity contribution in [3.63, 3.8) is 0 Å². The van der Waals surface area contributed by atoms with Crippen LogP contribution in [0.5, 0.6) is 0 Å². The maximum Gasteiger partial charge on any atom is 0.193 e. The molecule has 1 saturated heterocycles. The largest absolute Gasteiger partial charge is 0.330 e. The molecule has 17 heavy (non-hydrogen) atoms. The van der Waals surface area contributed by atoms with Crippen molar-refractivity contribution >= 4 is 16.3 Å². The summed E-state index contributed by atoms with van der Waals surface area (Å²) in [7, 11) is 0. The molecule has 2 aromatic rings. The van der Waals surface area contributed by atoms with Gasteiger partial charge >= 0.3 is 0 Å². The van der Waals surface area contributed by atoms with Crippen molar-refractivity contribution in [2.75, 3.05) is 19.6 Å². The molecule has 3 heterocycles. The number of piperidine rings is 1. The first-order valence-electron chi connectivity index (χ1n) is 6.18. The monoisotopic (exact) mass is 250 g/mol. The lowest BCUT2D eigenvalue weighted by Crippen LogP contribution is -2.35. The van der Waals surface area contributed by atoms with E-state index in [1.807, 2.05) is 0 Å². The van der Waals surface area contributed by atoms with Gasteiger partial charge in [-0.1, -0.05) is 0 Å². The Bertz CT molecular complexity index is 453. The van der Waals surface area contributed by atoms with Crippen molar-refractivity contribution in [1.82, 2.24) is 14.3 Å². The van der Waals surface area contributed by atoms with E-state index in [2.05, 4.69) is 32.1 Å². The van der Waals surface area contributed by atoms with E-state index in [0.717, 1.165) is 37.1 Å². The summed E-state index contributed by atoms with van der Waals surface area (Å²) in [5.74, 6) is 0.733. The minimum Gasteiger partial charge on any atom is -0.330 e. The van der Waals surface area contributed by atoms with Gasteiger partial charge in [0.15, 0.2) is 4.96 Å². The Balaban J connectivity index is 1.62. The number of aromatic nitrogens is 2. The lowest BCUT2D eigenvalue weighted by molar-refractivity contribution is 0.179. The van der Waals surface area contributed by atoms with E-state index in [4.69, 9.17) is 5.73 Å². The molecule has 1 fully saturated rings. The topological polar surface area (TPSA) is 46.6 Å². The molecule has 0 radical (unpaired) electrons. The Kier molecular flexibility index (Phi) is 3.13. The van der Waals surface area contributed by atoms with Crippen LogP contribution in [0.2, 0.25) is 0 Å². The van der Waals surface area contributed by atoms with Crippen molar-refractivity contribution in [1.29, 1.82) is 0 Å². The molecular formula is C12H18N4S. The summed E-state index contributed by atoms with van der Waals surface area (Å²) in [4.78, 5) is 8.20. The van der Waals surface area contributed by atoms with Crippen LogP contribution in [0.4, 0.5) is 0 Å². The van der Waals surface area contributed by atoms with E-state index < -0.39 is 0 Å². The number of nitrogens with two attached hydrogens (primary N) is 1. The number of fused-ring (bicyclic) bond motifs is 1. The maximum absolute atomic E-state index is 5.71. The van der Waals surface area contributed by atoms with Crippen LogP contribution >= 0.6 is 11.3 Å². The second-order valence-electron chi connectivity index (χ2n) is 4.78. The maximum atomic E-state index is 5.71. The molecule has 2 N–H and O–H groups in total. The van der Waals surface area contributed by atoms with Gasteiger partial charge in [0, 0.05) is 24.3 Å².